The number of hydrogen-bond acceptors (Lipinski definition) is 3. The molecular weight excluding hydrogens is 269 g/mol. The lowest BCUT2D eigenvalue weighted by molar-refractivity contribution is 0.0933. The first-order chi connectivity index (χ1) is 10.1. The summed E-state index contributed by atoms with van der Waals surface area (Å²) in [7, 11) is 0. The second kappa shape index (κ2) is 7.66. The number of rotatable bonds is 7. The predicted octanol–water partition coefficient (Wildman–Crippen LogP) is 2.94. The molecule has 1 aromatic carbocycles. The van der Waals surface area contributed by atoms with Crippen molar-refractivity contribution in [3.8, 4) is 0 Å². The van der Waals surface area contributed by atoms with Gasteiger partial charge in [-0.2, -0.15) is 0 Å². The van der Waals surface area contributed by atoms with Crippen LogP contribution in [0.25, 0.3) is 0 Å². The van der Waals surface area contributed by atoms with Crippen LogP contribution in [-0.4, -0.2) is 41.5 Å². The number of nitrogens with zero attached hydrogens (tertiary/aromatic N) is 1. The normalized spacial score (nSPS) is 15.8. The number of aliphatic hydroxyl groups is 1. The molecule has 1 aromatic rings. The van der Waals surface area contributed by atoms with E-state index in [2.05, 4.69) is 4.90 Å². The number of aryl methyl sites for hydroxylation is 1. The zero-order valence-corrected chi connectivity index (χ0v) is 12.6. The Morgan fingerprint density at radius 3 is 2.67 bits per heavy atom. The van der Waals surface area contributed by atoms with Gasteiger partial charge in [0.15, 0.2) is 5.78 Å². The van der Waals surface area contributed by atoms with E-state index >= 15 is 0 Å². The van der Waals surface area contributed by atoms with Crippen molar-refractivity contribution in [2.24, 2.45) is 0 Å². The van der Waals surface area contributed by atoms with Crippen molar-refractivity contribution in [3.05, 3.63) is 35.1 Å². The lowest BCUT2D eigenvalue weighted by Gasteiger charge is -2.27. The molecule has 21 heavy (non-hydrogen) atoms. The van der Waals surface area contributed by atoms with Gasteiger partial charge >= 0.3 is 0 Å². The summed E-state index contributed by atoms with van der Waals surface area (Å²) in [5.41, 5.74) is 0.993. The quantitative estimate of drug-likeness (QED) is 0.786. The van der Waals surface area contributed by atoms with Gasteiger partial charge in [-0.3, -0.25) is 9.69 Å². The van der Waals surface area contributed by atoms with Crippen LogP contribution < -0.4 is 0 Å². The van der Waals surface area contributed by atoms with Gasteiger partial charge in [0, 0.05) is 31.1 Å². The highest BCUT2D eigenvalue weighted by atomic mass is 19.1. The topological polar surface area (TPSA) is 40.5 Å². The van der Waals surface area contributed by atoms with E-state index in [0.717, 1.165) is 12.8 Å². The van der Waals surface area contributed by atoms with Crippen molar-refractivity contribution in [1.29, 1.82) is 0 Å². The lowest BCUT2D eigenvalue weighted by Crippen LogP contribution is -2.37. The Bertz CT molecular complexity index is 484. The molecule has 0 saturated heterocycles. The van der Waals surface area contributed by atoms with Gasteiger partial charge in [0.25, 0.3) is 0 Å². The third-order valence-corrected chi connectivity index (χ3v) is 4.35. The third-order valence-electron chi connectivity index (χ3n) is 4.35. The Kier molecular flexibility index (Phi) is 5.88. The molecule has 0 radical (unpaired) electrons. The first kappa shape index (κ1) is 16.1. The molecule has 3 nitrogen and oxygen atoms in total. The second-order valence-corrected chi connectivity index (χ2v) is 5.83. The fourth-order valence-electron chi connectivity index (χ4n) is 3.03. The zero-order chi connectivity index (χ0) is 15.2. The van der Waals surface area contributed by atoms with E-state index in [1.165, 1.54) is 18.9 Å². The number of ketones is 1. The van der Waals surface area contributed by atoms with E-state index < -0.39 is 0 Å². The van der Waals surface area contributed by atoms with Crippen LogP contribution in [0, 0.1) is 12.7 Å². The molecule has 4 heteroatoms. The van der Waals surface area contributed by atoms with Gasteiger partial charge < -0.3 is 5.11 Å². The van der Waals surface area contributed by atoms with Crippen LogP contribution in [0.1, 0.15) is 48.0 Å². The minimum Gasteiger partial charge on any atom is -0.395 e. The molecule has 0 atom stereocenters. The van der Waals surface area contributed by atoms with Gasteiger partial charge in [-0.25, -0.2) is 4.39 Å². The van der Waals surface area contributed by atoms with Gasteiger partial charge in [-0.15, -0.1) is 0 Å². The van der Waals surface area contributed by atoms with Crippen molar-refractivity contribution in [1.82, 2.24) is 4.90 Å². The molecule has 0 aliphatic heterocycles. The summed E-state index contributed by atoms with van der Waals surface area (Å²) in [5.74, 6) is -0.362. The fraction of sp³-hybridized carbons (Fsp3) is 0.588. The smallest absolute Gasteiger partial charge is 0.164 e. The molecule has 1 saturated carbocycles. The molecule has 1 aliphatic rings. The molecule has 0 unspecified atom stereocenters. The summed E-state index contributed by atoms with van der Waals surface area (Å²) in [4.78, 5) is 14.4. The Balaban J connectivity index is 1.92. The van der Waals surface area contributed by atoms with Crippen molar-refractivity contribution < 1.29 is 14.3 Å². The number of carbonyl (C=O) groups is 1. The summed E-state index contributed by atoms with van der Waals surface area (Å²) >= 11 is 0. The highest BCUT2D eigenvalue weighted by Crippen LogP contribution is 2.23. The molecule has 1 aliphatic carbocycles. The second-order valence-electron chi connectivity index (χ2n) is 5.83. The van der Waals surface area contributed by atoms with Gasteiger partial charge in [0.1, 0.15) is 5.82 Å². The minimum atomic E-state index is -0.330. The molecule has 1 N–H and O–H groups in total. The van der Waals surface area contributed by atoms with Crippen LogP contribution in [-0.2, 0) is 0 Å². The minimum absolute atomic E-state index is 0.0326. The van der Waals surface area contributed by atoms with Gasteiger partial charge in [0.05, 0.1) is 6.61 Å². The SMILES string of the molecule is Cc1ccc(C(=O)CCN(CCO)C2CCCC2)cc1F. The Labute approximate surface area is 125 Å². The number of carbonyl (C=O) groups excluding carboxylic acids is 1. The standard InChI is InChI=1S/C17H24FNO2/c1-13-6-7-14(12-16(13)18)17(21)8-9-19(10-11-20)15-4-2-3-5-15/h6-7,12,15,20H,2-5,8-11H2,1H3. The van der Waals surface area contributed by atoms with Crippen LogP contribution in [0.3, 0.4) is 0 Å². The maximum atomic E-state index is 13.5. The van der Waals surface area contributed by atoms with Crippen LogP contribution in [0.4, 0.5) is 4.39 Å². The molecular formula is C17H24FNO2. The Hall–Kier alpha value is -1.26. The maximum Gasteiger partial charge on any atom is 0.164 e. The average Bonchev–Trinajstić information content (AvgIpc) is 3.00. The first-order valence-corrected chi connectivity index (χ1v) is 7.76. The zero-order valence-electron chi connectivity index (χ0n) is 12.6. The highest BCUT2D eigenvalue weighted by molar-refractivity contribution is 5.96. The van der Waals surface area contributed by atoms with Crippen LogP contribution in [0.2, 0.25) is 0 Å². The molecule has 0 heterocycles. The van der Waals surface area contributed by atoms with E-state index in [1.54, 1.807) is 19.1 Å². The summed E-state index contributed by atoms with van der Waals surface area (Å²) in [6.07, 6.45) is 5.12. The molecule has 116 valence electrons. The number of benzene rings is 1. The summed E-state index contributed by atoms with van der Waals surface area (Å²) in [6.45, 7) is 3.05. The molecule has 2 rings (SSSR count). The Morgan fingerprint density at radius 1 is 1.33 bits per heavy atom. The summed E-state index contributed by atoms with van der Waals surface area (Å²) in [6, 6.07) is 5.14. The van der Waals surface area contributed by atoms with Crippen molar-refractivity contribution in [3.63, 3.8) is 0 Å². The van der Waals surface area contributed by atoms with Crippen LogP contribution >= 0.6 is 0 Å². The molecule has 1 fully saturated rings. The van der Waals surface area contributed by atoms with E-state index in [-0.39, 0.29) is 18.2 Å². The summed E-state index contributed by atoms with van der Waals surface area (Å²) < 4.78 is 13.5. The number of aliphatic hydroxyl groups excluding tert-OH is 1. The van der Waals surface area contributed by atoms with Gasteiger partial charge in [0.2, 0.25) is 0 Å². The Morgan fingerprint density at radius 2 is 2.05 bits per heavy atom. The molecule has 0 spiro atoms. The molecule has 0 amide bonds. The molecule has 0 bridgehead atoms. The maximum absolute atomic E-state index is 13.5. The van der Waals surface area contributed by atoms with Crippen molar-refractivity contribution >= 4 is 5.78 Å². The average molecular weight is 293 g/mol. The number of halogens is 1. The number of hydrogen-bond donors (Lipinski definition) is 1. The van der Waals surface area contributed by atoms with E-state index in [1.807, 2.05) is 0 Å². The van der Waals surface area contributed by atoms with Crippen LogP contribution in [0.5, 0.6) is 0 Å². The molecule has 0 aromatic heterocycles. The monoisotopic (exact) mass is 293 g/mol. The van der Waals surface area contributed by atoms with Gasteiger partial charge in [-0.05, 0) is 31.4 Å². The summed E-state index contributed by atoms with van der Waals surface area (Å²) in [5, 5.41) is 9.17. The van der Waals surface area contributed by atoms with E-state index in [9.17, 15) is 14.3 Å². The van der Waals surface area contributed by atoms with Crippen molar-refractivity contribution in [2.45, 2.75) is 45.1 Å². The third kappa shape index (κ3) is 4.35. The van der Waals surface area contributed by atoms with E-state index in [0.29, 0.717) is 36.7 Å². The lowest BCUT2D eigenvalue weighted by atomic mass is 10.1. The predicted molar refractivity (Wildman–Crippen MR) is 81.0 cm³/mol. The van der Waals surface area contributed by atoms with Crippen LogP contribution in [0.15, 0.2) is 18.2 Å². The van der Waals surface area contributed by atoms with E-state index in [4.69, 9.17) is 0 Å². The largest absolute Gasteiger partial charge is 0.395 e. The highest BCUT2D eigenvalue weighted by Gasteiger charge is 2.22. The van der Waals surface area contributed by atoms with Crippen molar-refractivity contribution in [2.75, 3.05) is 19.7 Å². The van der Waals surface area contributed by atoms with Gasteiger partial charge in [-0.1, -0.05) is 25.0 Å². The fourth-order valence-corrected chi connectivity index (χ4v) is 3.03. The number of Topliss-reactive ketones (excluding diaryl/α,β-unsaturated/α-hetero) is 1. The first-order valence-electron chi connectivity index (χ1n) is 7.76.